The van der Waals surface area contributed by atoms with Crippen molar-refractivity contribution in [1.82, 2.24) is 24.2 Å². The Balaban J connectivity index is 1.18. The van der Waals surface area contributed by atoms with Crippen LogP contribution >= 0.6 is 0 Å². The van der Waals surface area contributed by atoms with Gasteiger partial charge in [0, 0.05) is 38.4 Å². The molecule has 1 saturated heterocycles. The van der Waals surface area contributed by atoms with E-state index in [1.54, 1.807) is 12.3 Å². The molecule has 8 heteroatoms. The van der Waals surface area contributed by atoms with E-state index in [9.17, 15) is 9.59 Å². The van der Waals surface area contributed by atoms with Crippen molar-refractivity contribution in [2.45, 2.75) is 31.8 Å². The molecule has 0 bridgehead atoms. The van der Waals surface area contributed by atoms with Crippen LogP contribution in [-0.2, 0) is 11.3 Å². The molecule has 31 heavy (non-hydrogen) atoms. The van der Waals surface area contributed by atoms with Crippen molar-refractivity contribution in [3.8, 4) is 0 Å². The molecule has 3 aromatic heterocycles. The number of amides is 2. The van der Waals surface area contributed by atoms with Gasteiger partial charge >= 0.3 is 0 Å². The zero-order valence-electron chi connectivity index (χ0n) is 17.6. The largest absolute Gasteiger partial charge is 0.364 e. The predicted octanol–water partition coefficient (Wildman–Crippen LogP) is 2.42. The Kier molecular flexibility index (Phi) is 5.05. The van der Waals surface area contributed by atoms with Crippen molar-refractivity contribution in [1.29, 1.82) is 0 Å². The molecular formula is C23H26N6O2. The lowest BCUT2D eigenvalue weighted by atomic mass is 10.2. The number of rotatable bonds is 6. The number of nitrogens with zero attached hydrogens (tertiary/aromatic N) is 5. The molecule has 8 nitrogen and oxygen atoms in total. The quantitative estimate of drug-likeness (QED) is 0.665. The summed E-state index contributed by atoms with van der Waals surface area (Å²) in [6, 6.07) is 9.63. The van der Waals surface area contributed by atoms with Crippen molar-refractivity contribution < 1.29 is 9.59 Å². The Bertz CT molecular complexity index is 1100. The third-order valence-corrected chi connectivity index (χ3v) is 6.23. The summed E-state index contributed by atoms with van der Waals surface area (Å²) in [4.78, 5) is 37.6. The van der Waals surface area contributed by atoms with Crippen LogP contribution < -0.4 is 5.32 Å². The molecule has 0 unspecified atom stereocenters. The molecule has 2 fully saturated rings. The van der Waals surface area contributed by atoms with E-state index in [2.05, 4.69) is 15.3 Å². The molecule has 1 saturated carbocycles. The molecule has 1 aliphatic carbocycles. The molecule has 1 atom stereocenters. The van der Waals surface area contributed by atoms with Gasteiger partial charge in [0.15, 0.2) is 0 Å². The summed E-state index contributed by atoms with van der Waals surface area (Å²) in [7, 11) is 1.87. The van der Waals surface area contributed by atoms with Crippen LogP contribution in [0.1, 0.15) is 35.3 Å². The van der Waals surface area contributed by atoms with Gasteiger partial charge in [-0.3, -0.25) is 9.59 Å². The summed E-state index contributed by atoms with van der Waals surface area (Å²) in [6.45, 7) is 1.84. The second-order valence-corrected chi connectivity index (χ2v) is 8.38. The van der Waals surface area contributed by atoms with Gasteiger partial charge in [0.1, 0.15) is 11.5 Å². The number of hydrogen-bond acceptors (Lipinski definition) is 5. The number of fused-ring (bicyclic) bond motifs is 1. The fraction of sp³-hybridized carbons (Fsp3) is 0.391. The highest BCUT2D eigenvalue weighted by atomic mass is 16.2. The molecule has 4 heterocycles. The molecule has 2 aliphatic rings. The number of pyridine rings is 2. The molecule has 3 aromatic rings. The minimum Gasteiger partial charge on any atom is -0.364 e. The number of aromatic nitrogens is 3. The van der Waals surface area contributed by atoms with Gasteiger partial charge in [-0.1, -0.05) is 6.07 Å². The first-order valence-corrected chi connectivity index (χ1v) is 10.8. The Hall–Kier alpha value is -3.42. The van der Waals surface area contributed by atoms with Crippen LogP contribution in [0.15, 0.2) is 48.9 Å². The third kappa shape index (κ3) is 3.97. The van der Waals surface area contributed by atoms with Crippen molar-refractivity contribution in [2.24, 2.45) is 5.92 Å². The van der Waals surface area contributed by atoms with Gasteiger partial charge in [0.25, 0.3) is 5.91 Å². The van der Waals surface area contributed by atoms with Gasteiger partial charge in [-0.05, 0) is 43.5 Å². The summed E-state index contributed by atoms with van der Waals surface area (Å²) in [6.07, 6.45) is 8.27. The number of carbonyl (C=O) groups excluding carboxylic acids is 2. The summed E-state index contributed by atoms with van der Waals surface area (Å²) in [5.41, 5.74) is 2.50. The zero-order valence-corrected chi connectivity index (χ0v) is 17.6. The lowest BCUT2D eigenvalue weighted by Gasteiger charge is -2.25. The Morgan fingerprint density at radius 3 is 2.77 bits per heavy atom. The van der Waals surface area contributed by atoms with Crippen LogP contribution in [0, 0.1) is 5.92 Å². The van der Waals surface area contributed by atoms with E-state index in [-0.39, 0.29) is 23.8 Å². The van der Waals surface area contributed by atoms with Crippen molar-refractivity contribution in [3.05, 3.63) is 60.2 Å². The average Bonchev–Trinajstić information content (AvgIpc) is 3.39. The predicted molar refractivity (Wildman–Crippen MR) is 117 cm³/mol. The maximum atomic E-state index is 12.9. The van der Waals surface area contributed by atoms with Crippen molar-refractivity contribution in [3.63, 3.8) is 0 Å². The maximum absolute atomic E-state index is 12.9. The molecule has 160 valence electrons. The van der Waals surface area contributed by atoms with E-state index in [4.69, 9.17) is 0 Å². The van der Waals surface area contributed by atoms with E-state index in [0.29, 0.717) is 31.0 Å². The number of likely N-dealkylation sites (N-methyl/N-ethyl adjacent to an activating group) is 1. The summed E-state index contributed by atoms with van der Waals surface area (Å²) >= 11 is 0. The highest BCUT2D eigenvalue weighted by Gasteiger charge is 2.37. The molecule has 2 amide bonds. The summed E-state index contributed by atoms with van der Waals surface area (Å²) < 4.78 is 2.03. The fourth-order valence-electron chi connectivity index (χ4n) is 4.15. The lowest BCUT2D eigenvalue weighted by molar-refractivity contribution is -0.133. The van der Waals surface area contributed by atoms with Gasteiger partial charge in [0.05, 0.1) is 30.0 Å². The van der Waals surface area contributed by atoms with Gasteiger partial charge in [0.2, 0.25) is 5.91 Å². The van der Waals surface area contributed by atoms with Crippen molar-refractivity contribution >= 4 is 23.3 Å². The van der Waals surface area contributed by atoms with E-state index in [1.807, 2.05) is 57.9 Å². The van der Waals surface area contributed by atoms with Crippen LogP contribution in [0.2, 0.25) is 0 Å². The Labute approximate surface area is 180 Å². The van der Waals surface area contributed by atoms with E-state index >= 15 is 0 Å². The van der Waals surface area contributed by atoms with Crippen LogP contribution in [0.4, 0.5) is 5.82 Å². The number of likely N-dealkylation sites (tertiary alicyclic amines) is 1. The molecule has 5 rings (SSSR count). The lowest BCUT2D eigenvalue weighted by Crippen LogP contribution is -2.40. The number of imidazole rings is 1. The maximum Gasteiger partial charge on any atom is 0.255 e. The Morgan fingerprint density at radius 2 is 2.00 bits per heavy atom. The highest BCUT2D eigenvalue weighted by molar-refractivity contribution is 5.94. The molecule has 1 N–H and O–H groups in total. The van der Waals surface area contributed by atoms with Crippen LogP contribution in [0.25, 0.3) is 5.65 Å². The first-order chi connectivity index (χ1) is 15.1. The minimum atomic E-state index is -0.0318. The van der Waals surface area contributed by atoms with Crippen LogP contribution in [0.5, 0.6) is 0 Å². The summed E-state index contributed by atoms with van der Waals surface area (Å²) in [5.74, 6) is 1.11. The van der Waals surface area contributed by atoms with E-state index in [1.165, 1.54) is 0 Å². The molecular weight excluding hydrogens is 392 g/mol. The highest BCUT2D eigenvalue weighted by Crippen LogP contribution is 2.32. The molecule has 1 aliphatic heterocycles. The van der Waals surface area contributed by atoms with Crippen LogP contribution in [-0.4, -0.2) is 62.2 Å². The van der Waals surface area contributed by atoms with Crippen molar-refractivity contribution in [2.75, 3.05) is 25.5 Å². The topological polar surface area (TPSA) is 82.8 Å². The number of carbonyl (C=O) groups is 2. The van der Waals surface area contributed by atoms with Crippen LogP contribution in [0.3, 0.4) is 0 Å². The van der Waals surface area contributed by atoms with Gasteiger partial charge in [-0.25, -0.2) is 9.97 Å². The van der Waals surface area contributed by atoms with Gasteiger partial charge < -0.3 is 19.5 Å². The number of anilines is 1. The van der Waals surface area contributed by atoms with Gasteiger partial charge in [-0.15, -0.1) is 0 Å². The monoisotopic (exact) mass is 418 g/mol. The normalized spacial score (nSPS) is 18.4. The molecule has 0 aromatic carbocycles. The Morgan fingerprint density at radius 1 is 1.13 bits per heavy atom. The third-order valence-electron chi connectivity index (χ3n) is 6.23. The number of hydrogen-bond donors (Lipinski definition) is 1. The standard InChI is InChI=1S/C23H26N6O2/c1-27(22(30)16-5-6-16)18-9-11-28(15-18)23(31)17-7-8-20(24-12-17)25-13-19-14-26-21-4-2-3-10-29(19)21/h2-4,7-8,10,12,14,16,18H,5-6,9,11,13,15H2,1H3,(H,24,25)/t18-/m0/s1. The van der Waals surface area contributed by atoms with E-state index < -0.39 is 0 Å². The molecule has 0 spiro atoms. The minimum absolute atomic E-state index is 0.0318. The SMILES string of the molecule is CN(C(=O)C1CC1)[C@H]1CCN(C(=O)c2ccc(NCc3cnc4ccccn34)nc2)C1. The fourth-order valence-corrected chi connectivity index (χ4v) is 4.15. The zero-order chi connectivity index (χ0) is 21.4. The van der Waals surface area contributed by atoms with E-state index in [0.717, 1.165) is 30.6 Å². The van der Waals surface area contributed by atoms with Gasteiger partial charge in [-0.2, -0.15) is 0 Å². The first kappa shape index (κ1) is 19.5. The average molecular weight is 419 g/mol. The second kappa shape index (κ2) is 8.02. The number of nitrogens with one attached hydrogen (secondary N) is 1. The molecule has 0 radical (unpaired) electrons. The smallest absolute Gasteiger partial charge is 0.255 e. The summed E-state index contributed by atoms with van der Waals surface area (Å²) in [5, 5.41) is 3.28. The second-order valence-electron chi connectivity index (χ2n) is 8.38. The first-order valence-electron chi connectivity index (χ1n) is 10.8.